The fourth-order valence-electron chi connectivity index (χ4n) is 3.18. The maximum atomic E-state index is 10.9. The number of nitrogens with zero attached hydrogens (tertiary/aromatic N) is 2. The van der Waals surface area contributed by atoms with Crippen LogP contribution >= 0.6 is 11.8 Å². The van der Waals surface area contributed by atoms with Crippen molar-refractivity contribution in [1.82, 2.24) is 0 Å². The number of thioether (sulfide) groups is 1. The molecular weight excluding hydrogens is 296 g/mol. The van der Waals surface area contributed by atoms with Crippen LogP contribution in [0.25, 0.3) is 6.08 Å². The average Bonchev–Trinajstić information content (AvgIpc) is 2.79. The zero-order chi connectivity index (χ0) is 15.3. The van der Waals surface area contributed by atoms with Crippen LogP contribution in [0.5, 0.6) is 0 Å². The quantitative estimate of drug-likeness (QED) is 0.587. The van der Waals surface area contributed by atoms with Crippen molar-refractivity contribution in [3.8, 4) is 0 Å². The maximum Gasteiger partial charge on any atom is 0.270 e. The van der Waals surface area contributed by atoms with Gasteiger partial charge in [0.1, 0.15) is 4.87 Å². The Kier molecular flexibility index (Phi) is 2.81. The zero-order valence-corrected chi connectivity index (χ0v) is 12.8. The van der Waals surface area contributed by atoms with Crippen LogP contribution in [-0.4, -0.2) is 16.8 Å². The van der Waals surface area contributed by atoms with Crippen LogP contribution in [-0.2, 0) is 6.42 Å². The number of nitro benzene ring substituents is 1. The van der Waals surface area contributed by atoms with E-state index in [2.05, 4.69) is 42.3 Å². The first-order chi connectivity index (χ1) is 10.6. The topological polar surface area (TPSA) is 46.4 Å². The minimum Gasteiger partial charge on any atom is -0.356 e. The Morgan fingerprint density at radius 2 is 2.09 bits per heavy atom. The number of benzene rings is 2. The van der Waals surface area contributed by atoms with E-state index in [1.54, 1.807) is 23.9 Å². The number of fused-ring (bicyclic) bond motifs is 2. The van der Waals surface area contributed by atoms with Gasteiger partial charge in [0.2, 0.25) is 0 Å². The summed E-state index contributed by atoms with van der Waals surface area (Å²) in [5, 5.41) is 10.9. The first kappa shape index (κ1) is 13.4. The second kappa shape index (κ2) is 4.61. The standard InChI is InChI=1S/C17H14N2O2S/c1-18-15-5-3-2-4-13(15)11-17(18)9-8-12-10-14(19(20)21)6-7-16(12)22-17/h2-10H,11H2,1H3. The van der Waals surface area contributed by atoms with Gasteiger partial charge in [-0.15, -0.1) is 0 Å². The molecule has 110 valence electrons. The predicted octanol–water partition coefficient (Wildman–Crippen LogP) is 4.10. The van der Waals surface area contributed by atoms with Gasteiger partial charge in [0, 0.05) is 36.2 Å². The van der Waals surface area contributed by atoms with Crippen LogP contribution in [0.3, 0.4) is 0 Å². The Balaban J connectivity index is 1.74. The normalized spacial score (nSPS) is 21.8. The van der Waals surface area contributed by atoms with Gasteiger partial charge in [-0.3, -0.25) is 10.1 Å². The lowest BCUT2D eigenvalue weighted by Gasteiger charge is -2.37. The molecule has 1 atom stereocenters. The van der Waals surface area contributed by atoms with Crippen molar-refractivity contribution in [3.63, 3.8) is 0 Å². The van der Waals surface area contributed by atoms with Gasteiger partial charge in [-0.25, -0.2) is 0 Å². The highest BCUT2D eigenvalue weighted by atomic mass is 32.2. The summed E-state index contributed by atoms with van der Waals surface area (Å²) >= 11 is 1.77. The molecule has 1 spiro atoms. The van der Waals surface area contributed by atoms with Crippen molar-refractivity contribution in [2.24, 2.45) is 0 Å². The summed E-state index contributed by atoms with van der Waals surface area (Å²) in [6.45, 7) is 0. The van der Waals surface area contributed by atoms with Crippen molar-refractivity contribution in [1.29, 1.82) is 0 Å². The van der Waals surface area contributed by atoms with E-state index in [4.69, 9.17) is 0 Å². The van der Waals surface area contributed by atoms with Crippen molar-refractivity contribution in [2.45, 2.75) is 16.2 Å². The molecule has 0 fully saturated rings. The monoisotopic (exact) mass is 310 g/mol. The number of hydrogen-bond donors (Lipinski definition) is 0. The van der Waals surface area contributed by atoms with Crippen LogP contribution < -0.4 is 4.90 Å². The fourth-order valence-corrected chi connectivity index (χ4v) is 4.54. The molecule has 0 saturated carbocycles. The molecule has 22 heavy (non-hydrogen) atoms. The lowest BCUT2D eigenvalue weighted by Crippen LogP contribution is -2.40. The minimum absolute atomic E-state index is 0.132. The van der Waals surface area contributed by atoms with E-state index in [0.717, 1.165) is 16.9 Å². The average molecular weight is 310 g/mol. The highest BCUT2D eigenvalue weighted by Crippen LogP contribution is 2.51. The van der Waals surface area contributed by atoms with E-state index in [9.17, 15) is 10.1 Å². The summed E-state index contributed by atoms with van der Waals surface area (Å²) in [6, 6.07) is 13.5. The van der Waals surface area contributed by atoms with Crippen molar-refractivity contribution in [2.75, 3.05) is 11.9 Å². The Labute approximate surface area is 132 Å². The second-order valence-corrected chi connectivity index (χ2v) is 6.97. The number of nitro groups is 1. The summed E-state index contributed by atoms with van der Waals surface area (Å²) in [6.07, 6.45) is 5.13. The number of anilines is 1. The lowest BCUT2D eigenvalue weighted by atomic mass is 10.1. The molecule has 0 radical (unpaired) electrons. The molecule has 0 amide bonds. The molecule has 1 unspecified atom stereocenters. The summed E-state index contributed by atoms with van der Waals surface area (Å²) in [5.74, 6) is 0. The van der Waals surface area contributed by atoms with Crippen LogP contribution in [0.15, 0.2) is 53.4 Å². The Morgan fingerprint density at radius 3 is 2.86 bits per heavy atom. The fraction of sp³-hybridized carbons (Fsp3) is 0.176. The molecule has 2 aliphatic heterocycles. The molecule has 0 aliphatic carbocycles. The number of rotatable bonds is 1. The predicted molar refractivity (Wildman–Crippen MR) is 89.3 cm³/mol. The summed E-state index contributed by atoms with van der Waals surface area (Å²) < 4.78 is 0. The van der Waals surface area contributed by atoms with E-state index in [-0.39, 0.29) is 15.5 Å². The third-order valence-corrected chi connectivity index (χ3v) is 5.88. The highest BCUT2D eigenvalue weighted by molar-refractivity contribution is 8.01. The van der Waals surface area contributed by atoms with Gasteiger partial charge < -0.3 is 4.90 Å². The van der Waals surface area contributed by atoms with E-state index in [0.29, 0.717) is 0 Å². The SMILES string of the molecule is CN1c2ccccc2CC12C=Cc1cc([N+](=O)[O-])ccc1S2. The molecule has 4 rings (SSSR count). The van der Waals surface area contributed by atoms with E-state index < -0.39 is 0 Å². The summed E-state index contributed by atoms with van der Waals surface area (Å²) in [5.41, 5.74) is 3.66. The number of para-hydroxylation sites is 1. The minimum atomic E-state index is -0.347. The molecule has 2 heterocycles. The van der Waals surface area contributed by atoms with Gasteiger partial charge in [0.15, 0.2) is 0 Å². The van der Waals surface area contributed by atoms with Crippen LogP contribution in [0.2, 0.25) is 0 Å². The third kappa shape index (κ3) is 1.85. The Hall–Kier alpha value is -2.27. The first-order valence-corrected chi connectivity index (χ1v) is 7.89. The molecule has 0 N–H and O–H groups in total. The van der Waals surface area contributed by atoms with Gasteiger partial charge in [-0.05, 0) is 29.3 Å². The molecular formula is C17H14N2O2S. The van der Waals surface area contributed by atoms with Crippen molar-refractivity contribution in [3.05, 3.63) is 69.8 Å². The molecule has 2 aromatic rings. The van der Waals surface area contributed by atoms with Gasteiger partial charge in [0.25, 0.3) is 5.69 Å². The molecule has 0 saturated heterocycles. The smallest absolute Gasteiger partial charge is 0.270 e. The largest absolute Gasteiger partial charge is 0.356 e. The first-order valence-electron chi connectivity index (χ1n) is 7.07. The van der Waals surface area contributed by atoms with Gasteiger partial charge in [0.05, 0.1) is 4.92 Å². The third-order valence-electron chi connectivity index (χ3n) is 4.38. The van der Waals surface area contributed by atoms with Crippen molar-refractivity contribution < 1.29 is 4.92 Å². The lowest BCUT2D eigenvalue weighted by molar-refractivity contribution is -0.384. The molecule has 4 nitrogen and oxygen atoms in total. The highest BCUT2D eigenvalue weighted by Gasteiger charge is 2.42. The van der Waals surface area contributed by atoms with Crippen LogP contribution in [0.1, 0.15) is 11.1 Å². The van der Waals surface area contributed by atoms with E-state index in [1.165, 1.54) is 11.3 Å². The number of hydrogen-bond acceptors (Lipinski definition) is 4. The molecule has 2 aliphatic rings. The Bertz CT molecular complexity index is 818. The molecule has 0 bridgehead atoms. The van der Waals surface area contributed by atoms with Crippen molar-refractivity contribution >= 4 is 29.2 Å². The molecule has 0 aromatic heterocycles. The second-order valence-electron chi connectivity index (χ2n) is 5.62. The molecule has 5 heteroatoms. The van der Waals surface area contributed by atoms with Crippen LogP contribution in [0.4, 0.5) is 11.4 Å². The number of likely N-dealkylation sites (N-methyl/N-ethyl adjacent to an activating group) is 1. The summed E-state index contributed by atoms with van der Waals surface area (Å²) in [7, 11) is 2.11. The maximum absolute atomic E-state index is 10.9. The van der Waals surface area contributed by atoms with Gasteiger partial charge in [-0.1, -0.05) is 36.0 Å². The Morgan fingerprint density at radius 1 is 1.27 bits per heavy atom. The van der Waals surface area contributed by atoms with Gasteiger partial charge in [-0.2, -0.15) is 0 Å². The van der Waals surface area contributed by atoms with Gasteiger partial charge >= 0.3 is 0 Å². The van der Waals surface area contributed by atoms with Crippen LogP contribution in [0, 0.1) is 10.1 Å². The molecule has 2 aromatic carbocycles. The van der Waals surface area contributed by atoms with E-state index >= 15 is 0 Å². The summed E-state index contributed by atoms with van der Waals surface area (Å²) in [4.78, 5) is 13.8. The number of non-ortho nitro benzene ring substituents is 1. The van der Waals surface area contributed by atoms with E-state index in [1.807, 2.05) is 12.1 Å². The zero-order valence-electron chi connectivity index (χ0n) is 12.0.